The molecule has 2 nitrogen and oxygen atoms in total. The molecule has 0 aliphatic rings. The first-order chi connectivity index (χ1) is 9.29. The Bertz CT molecular complexity index is 611. The quantitative estimate of drug-likeness (QED) is 0.792. The van der Waals surface area contributed by atoms with Crippen molar-refractivity contribution < 1.29 is 5.11 Å². The summed E-state index contributed by atoms with van der Waals surface area (Å²) in [5, 5.41) is 10.2. The highest BCUT2D eigenvalue weighted by atomic mass is 16.3. The Morgan fingerprint density at radius 1 is 1.05 bits per heavy atom. The number of anilines is 1. The average molecular weight is 269 g/mol. The number of hydrogen-bond acceptors (Lipinski definition) is 2. The van der Waals surface area contributed by atoms with Crippen LogP contribution in [0, 0.1) is 0 Å². The SMILES string of the molecule is CC(c1cccc(N)c1)c1cc(C(C)(C)C)ccc1O. The topological polar surface area (TPSA) is 46.2 Å². The molecule has 0 heterocycles. The van der Waals surface area contributed by atoms with Crippen LogP contribution in [0.1, 0.15) is 50.3 Å². The molecule has 20 heavy (non-hydrogen) atoms. The van der Waals surface area contributed by atoms with Crippen molar-refractivity contribution in [3.05, 3.63) is 59.2 Å². The van der Waals surface area contributed by atoms with Gasteiger partial charge in [0.25, 0.3) is 0 Å². The summed E-state index contributed by atoms with van der Waals surface area (Å²) in [5.74, 6) is 0.453. The number of rotatable bonds is 2. The van der Waals surface area contributed by atoms with Gasteiger partial charge in [0.2, 0.25) is 0 Å². The van der Waals surface area contributed by atoms with E-state index in [1.54, 1.807) is 6.07 Å². The second kappa shape index (κ2) is 5.20. The average Bonchev–Trinajstić information content (AvgIpc) is 2.37. The number of phenolic OH excluding ortho intramolecular Hbond substituents is 1. The highest BCUT2D eigenvalue weighted by Crippen LogP contribution is 2.35. The van der Waals surface area contributed by atoms with Crippen molar-refractivity contribution in [3.8, 4) is 5.75 Å². The molecule has 0 radical (unpaired) electrons. The van der Waals surface area contributed by atoms with Crippen LogP contribution in [0.25, 0.3) is 0 Å². The Hall–Kier alpha value is -1.96. The van der Waals surface area contributed by atoms with Gasteiger partial charge in [-0.2, -0.15) is 0 Å². The zero-order valence-corrected chi connectivity index (χ0v) is 12.6. The lowest BCUT2D eigenvalue weighted by atomic mass is 9.83. The molecule has 0 amide bonds. The Labute approximate surface area is 121 Å². The number of nitrogen functional groups attached to an aromatic ring is 1. The van der Waals surface area contributed by atoms with Gasteiger partial charge < -0.3 is 10.8 Å². The van der Waals surface area contributed by atoms with Crippen LogP contribution in [0.15, 0.2) is 42.5 Å². The largest absolute Gasteiger partial charge is 0.508 e. The molecule has 1 unspecified atom stereocenters. The van der Waals surface area contributed by atoms with Crippen LogP contribution in [0.4, 0.5) is 5.69 Å². The third-order valence-corrected chi connectivity index (χ3v) is 3.77. The summed E-state index contributed by atoms with van der Waals surface area (Å²) < 4.78 is 0. The van der Waals surface area contributed by atoms with Crippen LogP contribution < -0.4 is 5.73 Å². The van der Waals surface area contributed by atoms with Crippen LogP contribution in [0.2, 0.25) is 0 Å². The maximum Gasteiger partial charge on any atom is 0.119 e. The van der Waals surface area contributed by atoms with E-state index in [-0.39, 0.29) is 11.3 Å². The van der Waals surface area contributed by atoms with E-state index in [0.29, 0.717) is 5.75 Å². The predicted octanol–water partition coefficient (Wildman–Crippen LogP) is 4.42. The van der Waals surface area contributed by atoms with E-state index >= 15 is 0 Å². The first-order valence-electron chi connectivity index (χ1n) is 6.98. The Balaban J connectivity index is 2.46. The molecule has 0 aliphatic heterocycles. The second-order valence-corrected chi connectivity index (χ2v) is 6.42. The van der Waals surface area contributed by atoms with Crippen LogP contribution in [0.5, 0.6) is 5.75 Å². The van der Waals surface area contributed by atoms with Gasteiger partial charge in [0.1, 0.15) is 5.75 Å². The van der Waals surface area contributed by atoms with E-state index in [4.69, 9.17) is 5.73 Å². The molecule has 2 aromatic carbocycles. The summed E-state index contributed by atoms with van der Waals surface area (Å²) in [6.07, 6.45) is 0. The minimum Gasteiger partial charge on any atom is -0.508 e. The van der Waals surface area contributed by atoms with E-state index in [1.807, 2.05) is 30.3 Å². The number of benzene rings is 2. The van der Waals surface area contributed by atoms with Gasteiger partial charge in [-0.05, 0) is 34.7 Å². The van der Waals surface area contributed by atoms with Gasteiger partial charge in [-0.3, -0.25) is 0 Å². The van der Waals surface area contributed by atoms with Crippen LogP contribution in [0.3, 0.4) is 0 Å². The molecular formula is C18H23NO. The monoisotopic (exact) mass is 269 g/mol. The first kappa shape index (κ1) is 14.4. The smallest absolute Gasteiger partial charge is 0.119 e. The minimum atomic E-state index is 0.0673. The van der Waals surface area contributed by atoms with Gasteiger partial charge in [-0.15, -0.1) is 0 Å². The highest BCUT2D eigenvalue weighted by Gasteiger charge is 2.19. The van der Waals surface area contributed by atoms with E-state index in [0.717, 1.165) is 16.8 Å². The van der Waals surface area contributed by atoms with E-state index < -0.39 is 0 Å². The van der Waals surface area contributed by atoms with Gasteiger partial charge >= 0.3 is 0 Å². The normalized spacial score (nSPS) is 13.2. The number of hydrogen-bond donors (Lipinski definition) is 2. The zero-order chi connectivity index (χ0) is 14.9. The third kappa shape index (κ3) is 2.96. The van der Waals surface area contributed by atoms with Crippen LogP contribution in [-0.2, 0) is 5.41 Å². The molecule has 106 valence electrons. The predicted molar refractivity (Wildman–Crippen MR) is 85.2 cm³/mol. The summed E-state index contributed by atoms with van der Waals surface area (Å²) in [6.45, 7) is 8.62. The van der Waals surface area contributed by atoms with Crippen molar-refractivity contribution in [3.63, 3.8) is 0 Å². The lowest BCUT2D eigenvalue weighted by Crippen LogP contribution is -2.12. The van der Waals surface area contributed by atoms with Gasteiger partial charge in [0, 0.05) is 17.2 Å². The zero-order valence-electron chi connectivity index (χ0n) is 12.6. The van der Waals surface area contributed by atoms with E-state index in [9.17, 15) is 5.11 Å². The Morgan fingerprint density at radius 3 is 2.35 bits per heavy atom. The molecule has 0 aliphatic carbocycles. The van der Waals surface area contributed by atoms with Gasteiger partial charge in [-0.1, -0.05) is 52.0 Å². The summed E-state index contributed by atoms with van der Waals surface area (Å²) in [6, 6.07) is 13.7. The Kier molecular flexibility index (Phi) is 3.76. The fraction of sp³-hybridized carbons (Fsp3) is 0.333. The number of aromatic hydroxyl groups is 1. The van der Waals surface area contributed by atoms with Crippen molar-refractivity contribution in [2.45, 2.75) is 39.0 Å². The molecular weight excluding hydrogens is 246 g/mol. The van der Waals surface area contributed by atoms with Crippen molar-refractivity contribution in [2.24, 2.45) is 0 Å². The highest BCUT2D eigenvalue weighted by molar-refractivity contribution is 5.48. The third-order valence-electron chi connectivity index (χ3n) is 3.77. The maximum atomic E-state index is 10.2. The van der Waals surface area contributed by atoms with Gasteiger partial charge in [0.05, 0.1) is 0 Å². The molecule has 2 heteroatoms. The van der Waals surface area contributed by atoms with Crippen LogP contribution >= 0.6 is 0 Å². The summed E-state index contributed by atoms with van der Waals surface area (Å²) in [4.78, 5) is 0. The fourth-order valence-corrected chi connectivity index (χ4v) is 2.38. The second-order valence-electron chi connectivity index (χ2n) is 6.42. The minimum absolute atomic E-state index is 0.0673. The molecule has 0 saturated carbocycles. The summed E-state index contributed by atoms with van der Waals surface area (Å²) in [7, 11) is 0. The molecule has 3 N–H and O–H groups in total. The molecule has 0 aromatic heterocycles. The lowest BCUT2D eigenvalue weighted by molar-refractivity contribution is 0.464. The van der Waals surface area contributed by atoms with Gasteiger partial charge in [0.15, 0.2) is 0 Å². The maximum absolute atomic E-state index is 10.2. The fourth-order valence-electron chi connectivity index (χ4n) is 2.38. The molecule has 0 fully saturated rings. The summed E-state index contributed by atoms with van der Waals surface area (Å²) >= 11 is 0. The Morgan fingerprint density at radius 2 is 1.75 bits per heavy atom. The number of phenols is 1. The van der Waals surface area contributed by atoms with E-state index in [1.165, 1.54) is 5.56 Å². The molecule has 2 rings (SSSR count). The summed E-state index contributed by atoms with van der Waals surface area (Å²) in [5.41, 5.74) is 9.95. The van der Waals surface area contributed by atoms with Crippen molar-refractivity contribution in [1.82, 2.24) is 0 Å². The van der Waals surface area contributed by atoms with Crippen molar-refractivity contribution in [2.75, 3.05) is 5.73 Å². The van der Waals surface area contributed by atoms with E-state index in [2.05, 4.69) is 33.8 Å². The number of nitrogens with two attached hydrogens (primary N) is 1. The molecule has 0 spiro atoms. The molecule has 0 bridgehead atoms. The molecule has 0 saturated heterocycles. The first-order valence-corrected chi connectivity index (χ1v) is 6.98. The van der Waals surface area contributed by atoms with Gasteiger partial charge in [-0.25, -0.2) is 0 Å². The van der Waals surface area contributed by atoms with Crippen LogP contribution in [-0.4, -0.2) is 5.11 Å². The van der Waals surface area contributed by atoms with Crippen molar-refractivity contribution in [1.29, 1.82) is 0 Å². The molecule has 2 aromatic rings. The lowest BCUT2D eigenvalue weighted by Gasteiger charge is -2.22. The standard InChI is InChI=1S/C18H23NO/c1-12(13-6-5-7-15(19)10-13)16-11-14(18(2,3)4)8-9-17(16)20/h5-12,20H,19H2,1-4H3. The molecule has 1 atom stereocenters. The van der Waals surface area contributed by atoms with Crippen molar-refractivity contribution >= 4 is 5.69 Å².